The Hall–Kier alpha value is -3.27. The van der Waals surface area contributed by atoms with Gasteiger partial charge in [-0.1, -0.05) is 0 Å². The van der Waals surface area contributed by atoms with E-state index in [1.54, 1.807) is 0 Å². The summed E-state index contributed by atoms with van der Waals surface area (Å²) in [5.41, 5.74) is -0.304. The van der Waals surface area contributed by atoms with Gasteiger partial charge in [0, 0.05) is 17.7 Å². The summed E-state index contributed by atoms with van der Waals surface area (Å²) in [7, 11) is 1.30. The zero-order valence-corrected chi connectivity index (χ0v) is 21.4. The number of fused-ring (bicyclic) bond motifs is 1. The van der Waals surface area contributed by atoms with Crippen molar-refractivity contribution >= 4 is 11.0 Å². The number of aliphatic hydroxyl groups is 5. The summed E-state index contributed by atoms with van der Waals surface area (Å²) in [6.07, 6.45) is -13.1. The lowest BCUT2D eigenvalue weighted by Crippen LogP contribution is -2.60. The van der Waals surface area contributed by atoms with E-state index in [1.807, 2.05) is 0 Å². The fraction of sp³-hybridized carbons (Fsp3) is 0.444. The zero-order valence-electron chi connectivity index (χ0n) is 21.4. The summed E-state index contributed by atoms with van der Waals surface area (Å²) >= 11 is 0. The summed E-state index contributed by atoms with van der Waals surface area (Å²) in [5.74, 6) is -0.383. The number of methoxy groups -OCH3 is 1. The fourth-order valence-electron chi connectivity index (χ4n) is 4.99. The second-order valence-corrected chi connectivity index (χ2v) is 9.83. The van der Waals surface area contributed by atoms with Crippen molar-refractivity contribution in [3.63, 3.8) is 0 Å². The maximum atomic E-state index is 13.2. The van der Waals surface area contributed by atoms with E-state index in [-0.39, 0.29) is 40.4 Å². The van der Waals surface area contributed by atoms with E-state index in [1.165, 1.54) is 50.4 Å². The van der Waals surface area contributed by atoms with Gasteiger partial charge >= 0.3 is 0 Å². The number of phenolic OH excluding ortho intramolecular Hbond substituents is 2. The lowest BCUT2D eigenvalue weighted by Gasteiger charge is -2.44. The Labute approximate surface area is 227 Å². The van der Waals surface area contributed by atoms with E-state index in [4.69, 9.17) is 23.4 Å². The number of hydrogen-bond acceptors (Lipinski definition) is 13. The van der Waals surface area contributed by atoms with Crippen molar-refractivity contribution in [2.24, 2.45) is 0 Å². The summed E-state index contributed by atoms with van der Waals surface area (Å²) < 4.78 is 28.8. The van der Waals surface area contributed by atoms with Crippen molar-refractivity contribution in [3.8, 4) is 28.6 Å². The zero-order chi connectivity index (χ0) is 28.9. The molecular formula is C27H30O13. The van der Waals surface area contributed by atoms with Gasteiger partial charge in [-0.05, 0) is 31.2 Å². The molecular weight excluding hydrogens is 532 g/mol. The summed E-state index contributed by atoms with van der Waals surface area (Å²) in [6.45, 7) is 1.08. The van der Waals surface area contributed by atoms with Gasteiger partial charge in [0.05, 0.1) is 25.4 Å². The Morgan fingerprint density at radius 1 is 0.925 bits per heavy atom. The van der Waals surface area contributed by atoms with E-state index >= 15 is 0 Å². The lowest BCUT2D eigenvalue weighted by molar-refractivity contribution is -0.331. The van der Waals surface area contributed by atoms with Crippen molar-refractivity contribution in [1.29, 1.82) is 0 Å². The van der Waals surface area contributed by atoms with E-state index < -0.39 is 66.3 Å². The molecule has 7 N–H and O–H groups in total. The number of phenols is 2. The van der Waals surface area contributed by atoms with Crippen LogP contribution >= 0.6 is 0 Å². The first-order chi connectivity index (χ1) is 19.0. The molecule has 5 rings (SSSR count). The molecule has 0 saturated carbocycles. The molecule has 0 bridgehead atoms. The molecule has 216 valence electrons. The molecule has 13 heteroatoms. The number of aromatic hydroxyl groups is 2. The first kappa shape index (κ1) is 28.3. The van der Waals surface area contributed by atoms with Crippen molar-refractivity contribution in [3.05, 3.63) is 52.2 Å². The lowest BCUT2D eigenvalue weighted by atomic mass is 9.91. The average molecular weight is 563 g/mol. The van der Waals surface area contributed by atoms with Gasteiger partial charge in [-0.25, -0.2) is 0 Å². The first-order valence-corrected chi connectivity index (χ1v) is 12.5. The van der Waals surface area contributed by atoms with Gasteiger partial charge in [-0.15, -0.1) is 0 Å². The molecule has 2 aromatic carbocycles. The Kier molecular flexibility index (Phi) is 7.74. The highest BCUT2D eigenvalue weighted by Gasteiger charge is 2.49. The summed E-state index contributed by atoms with van der Waals surface area (Å²) in [6, 6.07) is 8.17. The molecule has 3 aromatic rings. The van der Waals surface area contributed by atoms with Gasteiger partial charge in [0.1, 0.15) is 71.1 Å². The molecule has 1 aromatic heterocycles. The number of ether oxygens (including phenoxy) is 4. The maximum absolute atomic E-state index is 13.2. The van der Waals surface area contributed by atoms with Crippen molar-refractivity contribution < 1.29 is 59.1 Å². The first-order valence-electron chi connectivity index (χ1n) is 12.5. The quantitative estimate of drug-likeness (QED) is 0.217. The molecule has 2 aliphatic heterocycles. The van der Waals surface area contributed by atoms with Crippen LogP contribution in [0.1, 0.15) is 18.6 Å². The van der Waals surface area contributed by atoms with Crippen LogP contribution in [0.3, 0.4) is 0 Å². The molecule has 13 nitrogen and oxygen atoms in total. The predicted octanol–water partition coefficient (Wildman–Crippen LogP) is -0.114. The van der Waals surface area contributed by atoms with Crippen LogP contribution in [0.2, 0.25) is 0 Å². The molecule has 0 amide bonds. The van der Waals surface area contributed by atoms with E-state index in [2.05, 4.69) is 0 Å². The van der Waals surface area contributed by atoms with Crippen LogP contribution in [0.15, 0.2) is 45.6 Å². The fourth-order valence-corrected chi connectivity index (χ4v) is 4.99. The molecule has 9 atom stereocenters. The predicted molar refractivity (Wildman–Crippen MR) is 136 cm³/mol. The summed E-state index contributed by atoms with van der Waals surface area (Å²) in [4.78, 5) is 13.2. The third-order valence-corrected chi connectivity index (χ3v) is 7.21. The van der Waals surface area contributed by atoms with Crippen molar-refractivity contribution in [2.45, 2.75) is 62.0 Å². The van der Waals surface area contributed by atoms with Crippen LogP contribution in [0.25, 0.3) is 22.3 Å². The molecule has 0 spiro atoms. The maximum Gasteiger partial charge on any atom is 0.197 e. The molecule has 2 aliphatic rings. The topological polar surface area (TPSA) is 209 Å². The minimum Gasteiger partial charge on any atom is -0.508 e. The minimum absolute atomic E-state index is 0.00546. The minimum atomic E-state index is -1.73. The number of hydrogen-bond donors (Lipinski definition) is 7. The van der Waals surface area contributed by atoms with Gasteiger partial charge in [0.25, 0.3) is 0 Å². The molecule has 3 heterocycles. The van der Waals surface area contributed by atoms with Gasteiger partial charge < -0.3 is 59.1 Å². The second kappa shape index (κ2) is 11.0. The highest BCUT2D eigenvalue weighted by Crippen LogP contribution is 2.44. The van der Waals surface area contributed by atoms with Gasteiger partial charge in [0.15, 0.2) is 17.3 Å². The second-order valence-electron chi connectivity index (χ2n) is 9.83. The highest BCUT2D eigenvalue weighted by atomic mass is 16.7. The van der Waals surface area contributed by atoms with E-state index in [9.17, 15) is 40.5 Å². The third-order valence-electron chi connectivity index (χ3n) is 7.21. The SMILES string of the molecule is COc1cc(O)c2c(=O)cc(-c3ccc(O)cc3)oc2c1[C@@H]1OC[C@@H](O)[C@H](O)[C@@H]1O[C@@H]1O[C@@H](C)[C@H](O)[C@H](O)[C@H]1O. The van der Waals surface area contributed by atoms with Gasteiger partial charge in [-0.3, -0.25) is 4.79 Å². The smallest absolute Gasteiger partial charge is 0.197 e. The number of benzene rings is 2. The van der Waals surface area contributed by atoms with Crippen LogP contribution in [0.4, 0.5) is 0 Å². The van der Waals surface area contributed by atoms with E-state index in [0.717, 1.165) is 0 Å². The molecule has 0 unspecified atom stereocenters. The largest absolute Gasteiger partial charge is 0.508 e. The Morgan fingerprint density at radius 3 is 2.30 bits per heavy atom. The van der Waals surface area contributed by atoms with Crippen LogP contribution in [0, 0.1) is 0 Å². The van der Waals surface area contributed by atoms with Gasteiger partial charge in [-0.2, -0.15) is 0 Å². The van der Waals surface area contributed by atoms with Crippen LogP contribution in [-0.4, -0.2) is 98.5 Å². The molecule has 2 saturated heterocycles. The van der Waals surface area contributed by atoms with E-state index in [0.29, 0.717) is 5.56 Å². The number of aliphatic hydroxyl groups excluding tert-OH is 5. The van der Waals surface area contributed by atoms with Crippen LogP contribution in [0.5, 0.6) is 17.2 Å². The molecule has 0 aliphatic carbocycles. The highest BCUT2D eigenvalue weighted by molar-refractivity contribution is 5.89. The Balaban J connectivity index is 1.66. The number of rotatable bonds is 5. The summed E-state index contributed by atoms with van der Waals surface area (Å²) in [5, 5.41) is 72.3. The van der Waals surface area contributed by atoms with Gasteiger partial charge in [0.2, 0.25) is 0 Å². The normalized spacial score (nSPS) is 32.7. The molecule has 40 heavy (non-hydrogen) atoms. The Morgan fingerprint density at radius 2 is 1.62 bits per heavy atom. The van der Waals surface area contributed by atoms with Crippen LogP contribution in [-0.2, 0) is 14.2 Å². The standard InChI is InChI=1S/C27H30O13/c1-10-20(32)22(34)23(35)27(38-10)40-26-21(33)15(31)9-37-25(26)19-17(36-2)8-14(30)18-13(29)7-16(39-24(18)19)11-3-5-12(28)6-4-11/h3-8,10,15,20-23,25-28,30-35H,9H2,1-2H3/t10-,15+,20-,21-,22-,23+,25-,26-,27-/m0/s1. The third kappa shape index (κ3) is 4.91. The monoisotopic (exact) mass is 562 g/mol. The van der Waals surface area contributed by atoms with Crippen molar-refractivity contribution in [1.82, 2.24) is 0 Å². The Bertz CT molecular complexity index is 1420. The van der Waals surface area contributed by atoms with Crippen molar-refractivity contribution in [2.75, 3.05) is 13.7 Å². The molecule has 2 fully saturated rings. The average Bonchev–Trinajstić information content (AvgIpc) is 2.93. The molecule has 0 radical (unpaired) electrons. The van der Waals surface area contributed by atoms with Crippen LogP contribution < -0.4 is 10.2 Å².